The fourth-order valence-corrected chi connectivity index (χ4v) is 3.10. The summed E-state index contributed by atoms with van der Waals surface area (Å²) >= 11 is 6.07. The lowest BCUT2D eigenvalue weighted by Gasteiger charge is -2.37. The molecule has 1 aromatic rings. The molecule has 1 aromatic carbocycles. The second-order valence-electron chi connectivity index (χ2n) is 4.98. The van der Waals surface area contributed by atoms with Gasteiger partial charge in [-0.15, -0.1) is 0 Å². The summed E-state index contributed by atoms with van der Waals surface area (Å²) in [5.74, 6) is 0. The van der Waals surface area contributed by atoms with E-state index in [1.807, 2.05) is 6.07 Å². The first kappa shape index (κ1) is 11.5. The van der Waals surface area contributed by atoms with Crippen LogP contribution in [0.4, 0.5) is 0 Å². The maximum absolute atomic E-state index is 6.07. The largest absolute Gasteiger partial charge is 0.381 e. The molecule has 2 heterocycles. The average molecular weight is 252 g/mol. The van der Waals surface area contributed by atoms with E-state index in [-0.39, 0.29) is 0 Å². The zero-order valence-corrected chi connectivity index (χ0v) is 10.7. The summed E-state index contributed by atoms with van der Waals surface area (Å²) in [5.41, 5.74) is 2.88. The number of rotatable bonds is 1. The molecular formula is C14H18ClNO. The Morgan fingerprint density at radius 1 is 1.18 bits per heavy atom. The van der Waals surface area contributed by atoms with Gasteiger partial charge in [-0.2, -0.15) is 0 Å². The topological polar surface area (TPSA) is 12.5 Å². The summed E-state index contributed by atoms with van der Waals surface area (Å²) in [4.78, 5) is 2.60. The summed E-state index contributed by atoms with van der Waals surface area (Å²) in [5, 5.41) is 0.859. The molecule has 1 fully saturated rings. The fourth-order valence-electron chi connectivity index (χ4n) is 2.91. The lowest BCUT2D eigenvalue weighted by Crippen LogP contribution is -2.42. The molecule has 2 aliphatic heterocycles. The van der Waals surface area contributed by atoms with Crippen molar-refractivity contribution < 1.29 is 4.74 Å². The van der Waals surface area contributed by atoms with Crippen LogP contribution in [0.5, 0.6) is 0 Å². The van der Waals surface area contributed by atoms with Gasteiger partial charge >= 0.3 is 0 Å². The lowest BCUT2D eigenvalue weighted by atomic mass is 9.96. The highest BCUT2D eigenvalue weighted by molar-refractivity contribution is 6.30. The maximum atomic E-state index is 6.07. The minimum atomic E-state index is 0.705. The Balaban J connectivity index is 1.75. The van der Waals surface area contributed by atoms with Crippen molar-refractivity contribution in [2.45, 2.75) is 31.8 Å². The van der Waals surface area contributed by atoms with E-state index in [1.165, 1.54) is 30.5 Å². The first-order valence-corrected chi connectivity index (χ1v) is 6.80. The van der Waals surface area contributed by atoms with Crippen LogP contribution in [0.15, 0.2) is 18.2 Å². The second kappa shape index (κ2) is 4.97. The third-order valence-corrected chi connectivity index (χ3v) is 4.15. The Hall–Kier alpha value is -0.570. The molecule has 0 saturated carbocycles. The number of benzene rings is 1. The van der Waals surface area contributed by atoms with Crippen molar-refractivity contribution in [2.24, 2.45) is 0 Å². The van der Waals surface area contributed by atoms with Gasteiger partial charge < -0.3 is 4.74 Å². The monoisotopic (exact) mass is 251 g/mol. The Labute approximate surface area is 108 Å². The molecule has 92 valence electrons. The van der Waals surface area contributed by atoms with Gasteiger partial charge in [-0.1, -0.05) is 17.7 Å². The van der Waals surface area contributed by atoms with Crippen LogP contribution in [-0.2, 0) is 17.7 Å². The third-order valence-electron chi connectivity index (χ3n) is 3.92. The molecule has 0 atom stereocenters. The molecule has 0 unspecified atom stereocenters. The van der Waals surface area contributed by atoms with Crippen LogP contribution in [0.3, 0.4) is 0 Å². The summed E-state index contributed by atoms with van der Waals surface area (Å²) in [6.07, 6.45) is 3.51. The molecule has 0 aliphatic carbocycles. The van der Waals surface area contributed by atoms with Crippen LogP contribution in [0, 0.1) is 0 Å². The van der Waals surface area contributed by atoms with Crippen molar-refractivity contribution in [3.8, 4) is 0 Å². The molecule has 2 aliphatic rings. The van der Waals surface area contributed by atoms with E-state index >= 15 is 0 Å². The zero-order chi connectivity index (χ0) is 11.7. The Morgan fingerprint density at radius 2 is 2.00 bits per heavy atom. The molecular weight excluding hydrogens is 234 g/mol. The second-order valence-corrected chi connectivity index (χ2v) is 5.41. The minimum absolute atomic E-state index is 0.705. The van der Waals surface area contributed by atoms with Gasteiger partial charge in [-0.25, -0.2) is 0 Å². The van der Waals surface area contributed by atoms with E-state index in [9.17, 15) is 0 Å². The number of hydrogen-bond acceptors (Lipinski definition) is 2. The normalized spacial score (nSPS) is 22.4. The van der Waals surface area contributed by atoms with Crippen LogP contribution in [0.25, 0.3) is 0 Å². The van der Waals surface area contributed by atoms with Gasteiger partial charge in [0.1, 0.15) is 0 Å². The molecule has 1 saturated heterocycles. The van der Waals surface area contributed by atoms with Crippen LogP contribution >= 0.6 is 11.6 Å². The summed E-state index contributed by atoms with van der Waals surface area (Å²) in [7, 11) is 0. The first-order chi connectivity index (χ1) is 8.33. The van der Waals surface area contributed by atoms with E-state index in [2.05, 4.69) is 17.0 Å². The van der Waals surface area contributed by atoms with E-state index in [4.69, 9.17) is 16.3 Å². The lowest BCUT2D eigenvalue weighted by molar-refractivity contribution is 0.0290. The molecule has 0 spiro atoms. The predicted molar refractivity (Wildman–Crippen MR) is 69.4 cm³/mol. The first-order valence-electron chi connectivity index (χ1n) is 6.42. The molecule has 17 heavy (non-hydrogen) atoms. The van der Waals surface area contributed by atoms with Crippen LogP contribution in [0.1, 0.15) is 24.0 Å². The van der Waals surface area contributed by atoms with E-state index < -0.39 is 0 Å². The third kappa shape index (κ3) is 2.49. The van der Waals surface area contributed by atoms with Crippen molar-refractivity contribution in [3.05, 3.63) is 34.3 Å². The highest BCUT2D eigenvalue weighted by atomic mass is 35.5. The molecule has 0 N–H and O–H groups in total. The number of hydrogen-bond donors (Lipinski definition) is 0. The molecule has 3 heteroatoms. The summed E-state index contributed by atoms with van der Waals surface area (Å²) in [6.45, 7) is 4.08. The standard InChI is InChI=1S/C14H18ClNO/c15-13-2-1-11-3-6-16(10-12(11)9-13)14-4-7-17-8-5-14/h1-2,9,14H,3-8,10H2. The van der Waals surface area contributed by atoms with Crippen molar-refractivity contribution >= 4 is 11.6 Å². The quantitative estimate of drug-likeness (QED) is 0.761. The highest BCUT2D eigenvalue weighted by Crippen LogP contribution is 2.26. The molecule has 3 rings (SSSR count). The van der Waals surface area contributed by atoms with E-state index in [0.717, 1.165) is 31.2 Å². The molecule has 0 bridgehead atoms. The van der Waals surface area contributed by atoms with Crippen molar-refractivity contribution in [1.29, 1.82) is 0 Å². The van der Waals surface area contributed by atoms with Crippen molar-refractivity contribution in [3.63, 3.8) is 0 Å². The van der Waals surface area contributed by atoms with Gasteiger partial charge in [0, 0.05) is 37.4 Å². The van der Waals surface area contributed by atoms with E-state index in [1.54, 1.807) is 0 Å². The molecule has 0 amide bonds. The van der Waals surface area contributed by atoms with Crippen LogP contribution in [-0.4, -0.2) is 30.7 Å². The average Bonchev–Trinajstić information content (AvgIpc) is 2.39. The molecule has 2 nitrogen and oxygen atoms in total. The number of halogens is 1. The van der Waals surface area contributed by atoms with Crippen LogP contribution in [0.2, 0.25) is 5.02 Å². The summed E-state index contributed by atoms with van der Waals surface area (Å²) in [6, 6.07) is 7.02. The molecule has 0 aromatic heterocycles. The number of nitrogens with zero attached hydrogens (tertiary/aromatic N) is 1. The molecule has 0 radical (unpaired) electrons. The van der Waals surface area contributed by atoms with Gasteiger partial charge in [0.2, 0.25) is 0 Å². The smallest absolute Gasteiger partial charge is 0.0480 e. The van der Waals surface area contributed by atoms with Gasteiger partial charge in [0.25, 0.3) is 0 Å². The van der Waals surface area contributed by atoms with E-state index in [0.29, 0.717) is 6.04 Å². The fraction of sp³-hybridized carbons (Fsp3) is 0.571. The Kier molecular flexibility index (Phi) is 3.37. The number of fused-ring (bicyclic) bond motifs is 1. The number of ether oxygens (including phenoxy) is 1. The Bertz CT molecular complexity index is 401. The van der Waals surface area contributed by atoms with Gasteiger partial charge in [0.05, 0.1) is 0 Å². The summed E-state index contributed by atoms with van der Waals surface area (Å²) < 4.78 is 5.43. The highest BCUT2D eigenvalue weighted by Gasteiger charge is 2.25. The van der Waals surface area contributed by atoms with Gasteiger partial charge in [-0.3, -0.25) is 4.90 Å². The zero-order valence-electron chi connectivity index (χ0n) is 9.99. The SMILES string of the molecule is Clc1ccc2c(c1)CN(C1CCOCC1)CC2. The van der Waals surface area contributed by atoms with Crippen molar-refractivity contribution in [1.82, 2.24) is 4.90 Å². The van der Waals surface area contributed by atoms with Gasteiger partial charge in [0.15, 0.2) is 0 Å². The van der Waals surface area contributed by atoms with Crippen molar-refractivity contribution in [2.75, 3.05) is 19.8 Å². The predicted octanol–water partition coefficient (Wildman–Crippen LogP) is 2.88. The maximum Gasteiger partial charge on any atom is 0.0480 e. The van der Waals surface area contributed by atoms with Gasteiger partial charge in [-0.05, 0) is 42.5 Å². The minimum Gasteiger partial charge on any atom is -0.381 e. The Morgan fingerprint density at radius 3 is 2.82 bits per heavy atom. The van der Waals surface area contributed by atoms with Crippen LogP contribution < -0.4 is 0 Å².